The van der Waals surface area contributed by atoms with E-state index in [1.54, 1.807) is 0 Å². The van der Waals surface area contributed by atoms with Crippen LogP contribution in [0.5, 0.6) is 0 Å². The monoisotopic (exact) mass is 246 g/mol. The third kappa shape index (κ3) is 2.96. The summed E-state index contributed by atoms with van der Waals surface area (Å²) in [5, 5.41) is 0. The molecule has 2 atom stereocenters. The molecule has 0 aromatic heterocycles. The average Bonchev–Trinajstić information content (AvgIpc) is 2.92. The van der Waals surface area contributed by atoms with Crippen molar-refractivity contribution in [1.82, 2.24) is 4.90 Å². The van der Waals surface area contributed by atoms with Crippen molar-refractivity contribution in [3.63, 3.8) is 0 Å². The molecular formula is C11H22N2O2S. The van der Waals surface area contributed by atoms with Crippen LogP contribution in [0.15, 0.2) is 0 Å². The molecule has 1 aliphatic carbocycles. The molecule has 0 spiro atoms. The van der Waals surface area contributed by atoms with Gasteiger partial charge < -0.3 is 5.73 Å². The first-order valence-electron chi connectivity index (χ1n) is 6.22. The van der Waals surface area contributed by atoms with E-state index in [1.165, 1.54) is 12.8 Å². The van der Waals surface area contributed by atoms with Crippen molar-refractivity contribution in [2.24, 2.45) is 11.7 Å². The van der Waals surface area contributed by atoms with Crippen LogP contribution in [0, 0.1) is 5.92 Å². The highest BCUT2D eigenvalue weighted by atomic mass is 32.2. The first-order chi connectivity index (χ1) is 7.52. The Hall–Kier alpha value is -0.130. The van der Waals surface area contributed by atoms with Gasteiger partial charge in [0.05, 0.1) is 11.5 Å². The number of hydrogen-bond acceptors (Lipinski definition) is 4. The minimum Gasteiger partial charge on any atom is -0.325 e. The van der Waals surface area contributed by atoms with Crippen LogP contribution in [0.3, 0.4) is 0 Å². The van der Waals surface area contributed by atoms with Crippen molar-refractivity contribution in [3.8, 4) is 0 Å². The van der Waals surface area contributed by atoms with Gasteiger partial charge in [-0.05, 0) is 31.7 Å². The van der Waals surface area contributed by atoms with Crippen molar-refractivity contribution in [3.05, 3.63) is 0 Å². The molecule has 0 aromatic carbocycles. The highest BCUT2D eigenvalue weighted by molar-refractivity contribution is 7.91. The Morgan fingerprint density at radius 1 is 1.31 bits per heavy atom. The predicted octanol–water partition coefficient (Wildman–Crippen LogP) is 0.233. The second kappa shape index (κ2) is 4.63. The van der Waals surface area contributed by atoms with Gasteiger partial charge in [-0.15, -0.1) is 0 Å². The van der Waals surface area contributed by atoms with Crippen LogP contribution < -0.4 is 5.73 Å². The second-order valence-corrected chi connectivity index (χ2v) is 7.40. The van der Waals surface area contributed by atoms with Crippen LogP contribution in [0.1, 0.15) is 26.2 Å². The highest BCUT2D eigenvalue weighted by Crippen LogP contribution is 2.31. The second-order valence-electron chi connectivity index (χ2n) is 5.25. The number of nitrogens with zero attached hydrogens (tertiary/aromatic N) is 1. The largest absolute Gasteiger partial charge is 0.325 e. The Labute approximate surface area is 98.1 Å². The van der Waals surface area contributed by atoms with E-state index in [4.69, 9.17) is 5.73 Å². The fraction of sp³-hybridized carbons (Fsp3) is 1.00. The maximum absolute atomic E-state index is 11.6. The van der Waals surface area contributed by atoms with Gasteiger partial charge in [0.2, 0.25) is 0 Å². The molecule has 2 fully saturated rings. The molecule has 2 N–H and O–H groups in total. The van der Waals surface area contributed by atoms with Gasteiger partial charge in [0.25, 0.3) is 0 Å². The van der Waals surface area contributed by atoms with E-state index in [0.29, 0.717) is 0 Å². The van der Waals surface area contributed by atoms with Gasteiger partial charge in [-0.25, -0.2) is 8.42 Å². The Kier molecular flexibility index (Phi) is 3.56. The van der Waals surface area contributed by atoms with E-state index in [2.05, 4.69) is 11.8 Å². The van der Waals surface area contributed by atoms with Gasteiger partial charge in [0, 0.05) is 18.6 Å². The molecule has 1 aliphatic heterocycles. The van der Waals surface area contributed by atoms with Crippen molar-refractivity contribution < 1.29 is 8.42 Å². The summed E-state index contributed by atoms with van der Waals surface area (Å²) in [6.07, 6.45) is 3.67. The molecule has 2 unspecified atom stereocenters. The SMILES string of the molecule is CCCN(CC1CC1)C1CS(=O)(=O)CC1N. The average molecular weight is 246 g/mol. The van der Waals surface area contributed by atoms with Gasteiger partial charge in [0.15, 0.2) is 9.84 Å². The predicted molar refractivity (Wildman–Crippen MR) is 65.0 cm³/mol. The minimum atomic E-state index is -2.89. The van der Waals surface area contributed by atoms with Gasteiger partial charge in [-0.3, -0.25) is 4.90 Å². The molecule has 2 aliphatic rings. The molecule has 0 aromatic rings. The Morgan fingerprint density at radius 2 is 2.00 bits per heavy atom. The van der Waals surface area contributed by atoms with Crippen molar-refractivity contribution >= 4 is 9.84 Å². The van der Waals surface area contributed by atoms with Crippen LogP contribution in [0.4, 0.5) is 0 Å². The number of sulfone groups is 1. The summed E-state index contributed by atoms with van der Waals surface area (Å²) >= 11 is 0. The summed E-state index contributed by atoms with van der Waals surface area (Å²) < 4.78 is 23.1. The van der Waals surface area contributed by atoms with Crippen molar-refractivity contribution in [2.45, 2.75) is 38.3 Å². The lowest BCUT2D eigenvalue weighted by Crippen LogP contribution is -2.48. The fourth-order valence-electron chi connectivity index (χ4n) is 2.54. The van der Waals surface area contributed by atoms with E-state index in [9.17, 15) is 8.42 Å². The molecule has 2 rings (SSSR count). The first kappa shape index (κ1) is 12.3. The zero-order valence-corrected chi connectivity index (χ0v) is 10.7. The molecular weight excluding hydrogens is 224 g/mol. The van der Waals surface area contributed by atoms with Gasteiger partial charge in [0.1, 0.15) is 0 Å². The van der Waals surface area contributed by atoms with E-state index < -0.39 is 9.84 Å². The summed E-state index contributed by atoms with van der Waals surface area (Å²) in [7, 11) is -2.89. The third-order valence-corrected chi connectivity index (χ3v) is 5.28. The van der Waals surface area contributed by atoms with Gasteiger partial charge in [-0.1, -0.05) is 6.92 Å². The molecule has 0 amide bonds. The number of hydrogen-bond donors (Lipinski definition) is 1. The molecule has 16 heavy (non-hydrogen) atoms. The zero-order valence-electron chi connectivity index (χ0n) is 9.93. The van der Waals surface area contributed by atoms with Crippen molar-refractivity contribution in [2.75, 3.05) is 24.6 Å². The Morgan fingerprint density at radius 3 is 2.44 bits per heavy atom. The lowest BCUT2D eigenvalue weighted by molar-refractivity contribution is 0.190. The van der Waals surface area contributed by atoms with Gasteiger partial charge in [-0.2, -0.15) is 0 Å². The molecule has 1 saturated carbocycles. The molecule has 4 nitrogen and oxygen atoms in total. The van der Waals surface area contributed by atoms with Crippen LogP contribution in [0.2, 0.25) is 0 Å². The zero-order chi connectivity index (χ0) is 11.8. The van der Waals surface area contributed by atoms with Crippen LogP contribution in [0.25, 0.3) is 0 Å². The lowest BCUT2D eigenvalue weighted by atomic mass is 10.1. The van der Waals surface area contributed by atoms with Gasteiger partial charge >= 0.3 is 0 Å². The molecule has 5 heteroatoms. The Balaban J connectivity index is 2.00. The maximum Gasteiger partial charge on any atom is 0.153 e. The quantitative estimate of drug-likeness (QED) is 0.754. The van der Waals surface area contributed by atoms with Crippen LogP contribution in [-0.4, -0.2) is 50.0 Å². The van der Waals surface area contributed by atoms with E-state index in [1.807, 2.05) is 0 Å². The fourth-order valence-corrected chi connectivity index (χ4v) is 4.47. The minimum absolute atomic E-state index is 0.0607. The summed E-state index contributed by atoms with van der Waals surface area (Å²) in [5.74, 6) is 1.23. The summed E-state index contributed by atoms with van der Waals surface area (Å²) in [4.78, 5) is 2.31. The number of nitrogens with two attached hydrogens (primary N) is 1. The molecule has 1 heterocycles. The standard InChI is InChI=1S/C11H22N2O2S/c1-2-5-13(6-9-3-4-9)11-8-16(14,15)7-10(11)12/h9-11H,2-8,12H2,1H3. The molecule has 94 valence electrons. The summed E-state index contributed by atoms with van der Waals surface area (Å²) in [5.41, 5.74) is 5.96. The maximum atomic E-state index is 11.6. The lowest BCUT2D eigenvalue weighted by Gasteiger charge is -2.30. The molecule has 0 bridgehead atoms. The molecule has 1 saturated heterocycles. The van der Waals surface area contributed by atoms with Crippen LogP contribution in [-0.2, 0) is 9.84 Å². The highest BCUT2D eigenvalue weighted by Gasteiger charge is 2.40. The summed E-state index contributed by atoms with van der Waals surface area (Å²) in [6, 6.07) is -0.124. The topological polar surface area (TPSA) is 63.4 Å². The number of rotatable bonds is 5. The van der Waals surface area contributed by atoms with E-state index >= 15 is 0 Å². The van der Waals surface area contributed by atoms with Crippen LogP contribution >= 0.6 is 0 Å². The Bertz CT molecular complexity index is 338. The third-order valence-electron chi connectivity index (χ3n) is 3.53. The van der Waals surface area contributed by atoms with E-state index in [-0.39, 0.29) is 23.6 Å². The molecule has 0 radical (unpaired) electrons. The van der Waals surface area contributed by atoms with Crippen molar-refractivity contribution in [1.29, 1.82) is 0 Å². The normalized spacial score (nSPS) is 33.4. The first-order valence-corrected chi connectivity index (χ1v) is 8.04. The summed E-state index contributed by atoms with van der Waals surface area (Å²) in [6.45, 7) is 4.15. The smallest absolute Gasteiger partial charge is 0.153 e. The van der Waals surface area contributed by atoms with E-state index in [0.717, 1.165) is 25.4 Å².